The summed E-state index contributed by atoms with van der Waals surface area (Å²) in [5, 5.41) is -0.456. The van der Waals surface area contributed by atoms with E-state index in [9.17, 15) is 14.4 Å². The average Bonchev–Trinajstić information content (AvgIpc) is 3.31. The molecule has 1 fully saturated rings. The molecule has 4 rings (SSSR count). The quantitative estimate of drug-likeness (QED) is 0.561. The highest BCUT2D eigenvalue weighted by atomic mass is 32.2. The fourth-order valence-corrected chi connectivity index (χ4v) is 6.05. The maximum atomic E-state index is 13.6. The van der Waals surface area contributed by atoms with Crippen LogP contribution in [-0.4, -0.2) is 28.9 Å². The summed E-state index contributed by atoms with van der Waals surface area (Å²) < 4.78 is 11.1. The second-order valence-electron chi connectivity index (χ2n) is 8.29. The van der Waals surface area contributed by atoms with Crippen LogP contribution in [-0.2, 0) is 9.53 Å². The largest absolute Gasteiger partial charge is 0.468 e. The number of thioether (sulfide) groups is 1. The van der Waals surface area contributed by atoms with Gasteiger partial charge in [0, 0.05) is 17.0 Å². The Labute approximate surface area is 167 Å². The average molecular weight is 398 g/mol. The number of furan rings is 1. The molecule has 1 aliphatic heterocycles. The van der Waals surface area contributed by atoms with E-state index in [0.717, 1.165) is 0 Å². The standard InChI is InChI=1S/C22H22O5S/c1-21(2,3)27-17(23)11-13-12-28-20(16-9-6-10-26-16)22(13)18(24)14-7-4-5-8-15(14)19(22)25/h4-10,13,20H,11-12H2,1-3H3/t13-,20+/m1/s1. The molecule has 146 valence electrons. The van der Waals surface area contributed by atoms with E-state index < -0.39 is 28.2 Å². The van der Waals surface area contributed by atoms with Crippen LogP contribution in [0.1, 0.15) is 58.9 Å². The molecular weight excluding hydrogens is 376 g/mol. The van der Waals surface area contributed by atoms with Crippen molar-refractivity contribution in [2.75, 3.05) is 5.75 Å². The summed E-state index contributed by atoms with van der Waals surface area (Å²) in [7, 11) is 0. The third-order valence-electron chi connectivity index (χ3n) is 5.32. The number of fused-ring (bicyclic) bond motifs is 1. The number of Topliss-reactive ketones (excluding diaryl/α,β-unsaturated/α-hetero) is 2. The number of carbonyl (C=O) groups is 3. The molecule has 2 atom stereocenters. The maximum absolute atomic E-state index is 13.6. The van der Waals surface area contributed by atoms with Gasteiger partial charge in [0.25, 0.3) is 0 Å². The van der Waals surface area contributed by atoms with Gasteiger partial charge in [-0.1, -0.05) is 24.3 Å². The summed E-state index contributed by atoms with van der Waals surface area (Å²) in [6.07, 6.45) is 1.56. The molecule has 0 saturated carbocycles. The van der Waals surface area contributed by atoms with Crippen LogP contribution in [0.15, 0.2) is 47.1 Å². The molecule has 1 aromatic carbocycles. The lowest BCUT2D eigenvalue weighted by atomic mass is 9.68. The van der Waals surface area contributed by atoms with Crippen molar-refractivity contribution >= 4 is 29.3 Å². The molecule has 2 aliphatic rings. The van der Waals surface area contributed by atoms with Gasteiger partial charge in [-0.05, 0) is 38.7 Å². The van der Waals surface area contributed by atoms with Crippen molar-refractivity contribution in [3.8, 4) is 0 Å². The third kappa shape index (κ3) is 2.82. The van der Waals surface area contributed by atoms with Crippen molar-refractivity contribution < 1.29 is 23.5 Å². The third-order valence-corrected chi connectivity index (χ3v) is 6.86. The lowest BCUT2D eigenvalue weighted by Crippen LogP contribution is -2.43. The van der Waals surface area contributed by atoms with E-state index in [2.05, 4.69) is 0 Å². The number of esters is 1. The normalized spacial score (nSPS) is 23.2. The molecule has 1 spiro atoms. The Hall–Kier alpha value is -2.34. The monoisotopic (exact) mass is 398 g/mol. The molecular formula is C22H22O5S. The van der Waals surface area contributed by atoms with Gasteiger partial charge < -0.3 is 9.15 Å². The minimum Gasteiger partial charge on any atom is -0.468 e. The Kier molecular flexibility index (Phi) is 4.49. The summed E-state index contributed by atoms with van der Waals surface area (Å²) in [6.45, 7) is 5.41. The van der Waals surface area contributed by atoms with E-state index in [1.165, 1.54) is 11.8 Å². The second-order valence-corrected chi connectivity index (χ2v) is 9.43. The van der Waals surface area contributed by atoms with Crippen LogP contribution >= 0.6 is 11.8 Å². The molecule has 1 aromatic heterocycles. The van der Waals surface area contributed by atoms with Crippen LogP contribution in [0, 0.1) is 11.3 Å². The highest BCUT2D eigenvalue weighted by Crippen LogP contribution is 2.62. The molecule has 0 N–H and O–H groups in total. The molecule has 1 saturated heterocycles. The van der Waals surface area contributed by atoms with Crippen molar-refractivity contribution in [1.82, 2.24) is 0 Å². The number of ether oxygens (including phenoxy) is 1. The Bertz CT molecular complexity index is 903. The fraction of sp³-hybridized carbons (Fsp3) is 0.409. The zero-order valence-electron chi connectivity index (χ0n) is 16.1. The number of hydrogen-bond donors (Lipinski definition) is 0. The molecule has 0 radical (unpaired) electrons. The van der Waals surface area contributed by atoms with Gasteiger partial charge in [-0.15, -0.1) is 11.8 Å². The van der Waals surface area contributed by atoms with Crippen LogP contribution in [0.3, 0.4) is 0 Å². The molecule has 0 bridgehead atoms. The first-order valence-corrected chi connectivity index (χ1v) is 10.4. The zero-order chi connectivity index (χ0) is 20.1. The molecule has 6 heteroatoms. The van der Waals surface area contributed by atoms with Gasteiger partial charge in [-0.3, -0.25) is 14.4 Å². The zero-order valence-corrected chi connectivity index (χ0v) is 16.9. The first kappa shape index (κ1) is 19.0. The van der Waals surface area contributed by atoms with Crippen LogP contribution < -0.4 is 0 Å². The van der Waals surface area contributed by atoms with Crippen molar-refractivity contribution in [3.63, 3.8) is 0 Å². The summed E-state index contributed by atoms with van der Waals surface area (Å²) in [4.78, 5) is 39.7. The minimum absolute atomic E-state index is 0.0208. The predicted octanol–water partition coefficient (Wildman–Crippen LogP) is 4.48. The summed E-state index contributed by atoms with van der Waals surface area (Å²) >= 11 is 1.50. The Morgan fingerprint density at radius 3 is 2.32 bits per heavy atom. The van der Waals surface area contributed by atoms with Gasteiger partial charge in [-0.2, -0.15) is 0 Å². The number of ketones is 2. The first-order chi connectivity index (χ1) is 13.2. The number of hydrogen-bond acceptors (Lipinski definition) is 6. The summed E-state index contributed by atoms with van der Waals surface area (Å²) in [6, 6.07) is 10.4. The van der Waals surface area contributed by atoms with E-state index >= 15 is 0 Å². The highest BCUT2D eigenvalue weighted by molar-refractivity contribution is 7.99. The lowest BCUT2D eigenvalue weighted by Gasteiger charge is -2.32. The number of rotatable bonds is 3. The van der Waals surface area contributed by atoms with Gasteiger partial charge in [0.1, 0.15) is 16.8 Å². The lowest BCUT2D eigenvalue weighted by molar-refractivity contribution is -0.156. The van der Waals surface area contributed by atoms with Crippen molar-refractivity contribution in [1.29, 1.82) is 0 Å². The summed E-state index contributed by atoms with van der Waals surface area (Å²) in [5.41, 5.74) is -1.09. The van der Waals surface area contributed by atoms with E-state index in [1.54, 1.807) is 63.4 Å². The highest BCUT2D eigenvalue weighted by Gasteiger charge is 2.66. The SMILES string of the molecule is CC(C)(C)OC(=O)C[C@@H]1CS[C@@H](c2ccco2)C12C(=O)c1ccccc1C2=O. The van der Waals surface area contributed by atoms with Gasteiger partial charge >= 0.3 is 5.97 Å². The van der Waals surface area contributed by atoms with E-state index in [0.29, 0.717) is 22.6 Å². The number of benzene rings is 1. The summed E-state index contributed by atoms with van der Waals surface area (Å²) in [5.74, 6) is -0.174. The van der Waals surface area contributed by atoms with Gasteiger partial charge in [0.05, 0.1) is 17.9 Å². The maximum Gasteiger partial charge on any atom is 0.306 e. The second kappa shape index (κ2) is 6.62. The van der Waals surface area contributed by atoms with Crippen molar-refractivity contribution in [2.45, 2.75) is 38.0 Å². The van der Waals surface area contributed by atoms with E-state index in [-0.39, 0.29) is 18.0 Å². The Morgan fingerprint density at radius 2 is 1.79 bits per heavy atom. The topological polar surface area (TPSA) is 73.6 Å². The molecule has 1 aliphatic carbocycles. The fourth-order valence-electron chi connectivity index (χ4n) is 4.28. The van der Waals surface area contributed by atoms with Gasteiger partial charge in [-0.25, -0.2) is 0 Å². The molecule has 0 amide bonds. The molecule has 2 aromatic rings. The van der Waals surface area contributed by atoms with Crippen LogP contribution in [0.5, 0.6) is 0 Å². The minimum atomic E-state index is -1.33. The molecule has 0 unspecified atom stereocenters. The number of carbonyl (C=O) groups excluding carboxylic acids is 3. The van der Waals surface area contributed by atoms with Crippen molar-refractivity contribution in [2.24, 2.45) is 11.3 Å². The smallest absolute Gasteiger partial charge is 0.306 e. The first-order valence-electron chi connectivity index (χ1n) is 9.30. The molecule has 28 heavy (non-hydrogen) atoms. The van der Waals surface area contributed by atoms with Crippen LogP contribution in [0.4, 0.5) is 0 Å². The van der Waals surface area contributed by atoms with Gasteiger partial charge in [0.15, 0.2) is 11.6 Å². The molecule has 5 nitrogen and oxygen atoms in total. The van der Waals surface area contributed by atoms with Crippen molar-refractivity contribution in [3.05, 3.63) is 59.5 Å². The van der Waals surface area contributed by atoms with Crippen LogP contribution in [0.25, 0.3) is 0 Å². The predicted molar refractivity (Wildman–Crippen MR) is 105 cm³/mol. The van der Waals surface area contributed by atoms with Gasteiger partial charge in [0.2, 0.25) is 0 Å². The van der Waals surface area contributed by atoms with E-state index in [4.69, 9.17) is 9.15 Å². The van der Waals surface area contributed by atoms with Crippen LogP contribution in [0.2, 0.25) is 0 Å². The molecule has 2 heterocycles. The van der Waals surface area contributed by atoms with E-state index in [1.807, 2.05) is 0 Å². The Morgan fingerprint density at radius 1 is 1.14 bits per heavy atom. The Balaban J connectivity index is 1.77.